The van der Waals surface area contributed by atoms with Crippen molar-refractivity contribution in [2.24, 2.45) is 0 Å². The topological polar surface area (TPSA) is 161 Å². The van der Waals surface area contributed by atoms with E-state index in [1.807, 2.05) is 0 Å². The molecule has 2 aliphatic rings. The van der Waals surface area contributed by atoms with E-state index in [0.29, 0.717) is 19.0 Å². The fourth-order valence-electron chi connectivity index (χ4n) is 1.87. The number of aromatic hydroxyl groups is 1. The first-order chi connectivity index (χ1) is 13.9. The van der Waals surface area contributed by atoms with Crippen molar-refractivity contribution in [1.82, 2.24) is 0 Å². The molecule has 2 aliphatic heterocycles. The molecule has 156 valence electrons. The molecule has 0 aromatic heterocycles. The van der Waals surface area contributed by atoms with E-state index < -0.39 is 9.85 Å². The van der Waals surface area contributed by atoms with Gasteiger partial charge in [0.15, 0.2) is 11.5 Å². The molecule has 0 aliphatic carbocycles. The number of ether oxygens (including phenoxy) is 3. The van der Waals surface area contributed by atoms with Crippen LogP contribution in [0.3, 0.4) is 0 Å². The van der Waals surface area contributed by atoms with Gasteiger partial charge in [0.1, 0.15) is 18.8 Å². The standard InChI is InChI=1S/C9H9NO4.C6H5NO3.C3H6O2/c11-10(12)8-3-1-2-4-9(8)14-6-7-5-13-7;8-6-4-2-1-3-5(6)7(9)10;4-1-3-2-5-3/h1-4,7H,5-6H2;1-4,8H;3-4H,1-2H2. The lowest BCUT2D eigenvalue weighted by Crippen LogP contribution is -2.05. The normalized spacial score (nSPS) is 18.2. The van der Waals surface area contributed by atoms with E-state index in [2.05, 4.69) is 4.74 Å². The van der Waals surface area contributed by atoms with Crippen LogP contribution in [0.4, 0.5) is 11.4 Å². The molecule has 2 aromatic carbocycles. The predicted octanol–water partition coefficient (Wildman–Crippen LogP) is 2.05. The van der Waals surface area contributed by atoms with Crippen LogP contribution >= 0.6 is 0 Å². The van der Waals surface area contributed by atoms with E-state index in [0.717, 1.165) is 6.61 Å². The number of hydrogen-bond donors (Lipinski definition) is 2. The molecule has 0 spiro atoms. The zero-order valence-corrected chi connectivity index (χ0v) is 15.2. The second-order valence-corrected chi connectivity index (χ2v) is 5.87. The molecule has 0 amide bonds. The Labute approximate surface area is 165 Å². The van der Waals surface area contributed by atoms with Crippen molar-refractivity contribution in [2.45, 2.75) is 12.2 Å². The van der Waals surface area contributed by atoms with Crippen molar-refractivity contribution < 1.29 is 34.3 Å². The summed E-state index contributed by atoms with van der Waals surface area (Å²) in [4.78, 5) is 19.6. The van der Waals surface area contributed by atoms with Crippen molar-refractivity contribution >= 4 is 11.4 Å². The molecular weight excluding hydrogens is 388 g/mol. The van der Waals surface area contributed by atoms with Gasteiger partial charge in [0, 0.05) is 12.1 Å². The first-order valence-electron chi connectivity index (χ1n) is 8.55. The van der Waals surface area contributed by atoms with Crippen molar-refractivity contribution in [1.29, 1.82) is 0 Å². The molecule has 11 nitrogen and oxygen atoms in total. The number of phenolic OH excluding ortho intramolecular Hbond substituents is 1. The van der Waals surface area contributed by atoms with Crippen molar-refractivity contribution in [3.05, 3.63) is 68.8 Å². The number of nitro groups is 2. The van der Waals surface area contributed by atoms with Gasteiger partial charge in [0.2, 0.25) is 0 Å². The zero-order chi connectivity index (χ0) is 21.2. The van der Waals surface area contributed by atoms with Crippen LogP contribution in [-0.4, -0.2) is 58.7 Å². The van der Waals surface area contributed by atoms with Crippen molar-refractivity contribution in [3.8, 4) is 11.5 Å². The number of nitrogens with zero attached hydrogens (tertiary/aromatic N) is 2. The van der Waals surface area contributed by atoms with Gasteiger partial charge in [-0.2, -0.15) is 0 Å². The zero-order valence-electron chi connectivity index (χ0n) is 15.2. The first-order valence-corrected chi connectivity index (χ1v) is 8.55. The fraction of sp³-hybridized carbons (Fsp3) is 0.333. The molecule has 0 bridgehead atoms. The molecule has 29 heavy (non-hydrogen) atoms. The molecular formula is C18H20N2O9. The Morgan fingerprint density at radius 1 is 0.931 bits per heavy atom. The minimum atomic E-state index is -0.630. The quantitative estimate of drug-likeness (QED) is 0.414. The van der Waals surface area contributed by atoms with Crippen LogP contribution in [0.5, 0.6) is 11.5 Å². The van der Waals surface area contributed by atoms with Gasteiger partial charge in [-0.05, 0) is 12.1 Å². The number of rotatable bonds is 6. The number of epoxide rings is 2. The predicted molar refractivity (Wildman–Crippen MR) is 99.9 cm³/mol. The van der Waals surface area contributed by atoms with Crippen LogP contribution in [0.25, 0.3) is 0 Å². The third-order valence-corrected chi connectivity index (χ3v) is 3.57. The van der Waals surface area contributed by atoms with E-state index >= 15 is 0 Å². The van der Waals surface area contributed by atoms with Gasteiger partial charge in [-0.1, -0.05) is 24.3 Å². The molecule has 2 atom stereocenters. The highest BCUT2D eigenvalue weighted by Crippen LogP contribution is 2.26. The number of benzene rings is 2. The van der Waals surface area contributed by atoms with Gasteiger partial charge in [-0.15, -0.1) is 0 Å². The van der Waals surface area contributed by atoms with Gasteiger partial charge >= 0.3 is 11.4 Å². The molecule has 2 aromatic rings. The Bertz CT molecular complexity index is 822. The maximum Gasteiger partial charge on any atom is 0.310 e. The summed E-state index contributed by atoms with van der Waals surface area (Å²) in [6.07, 6.45) is 0.296. The lowest BCUT2D eigenvalue weighted by Gasteiger charge is -2.03. The molecule has 2 N–H and O–H groups in total. The Kier molecular flexibility index (Phi) is 8.27. The largest absolute Gasteiger partial charge is 0.502 e. The van der Waals surface area contributed by atoms with E-state index in [-0.39, 0.29) is 35.9 Å². The van der Waals surface area contributed by atoms with Gasteiger partial charge in [-0.25, -0.2) is 0 Å². The summed E-state index contributed by atoms with van der Waals surface area (Å²) in [5, 5.41) is 37.6. The number of phenols is 1. The Hall–Kier alpha value is -3.28. The second-order valence-electron chi connectivity index (χ2n) is 5.87. The number of hydrogen-bond acceptors (Lipinski definition) is 9. The summed E-state index contributed by atoms with van der Waals surface area (Å²) >= 11 is 0. The molecule has 0 radical (unpaired) electrons. The second kappa shape index (κ2) is 10.9. The highest BCUT2D eigenvalue weighted by Gasteiger charge is 2.24. The summed E-state index contributed by atoms with van der Waals surface area (Å²) in [7, 11) is 0. The monoisotopic (exact) mass is 408 g/mol. The summed E-state index contributed by atoms with van der Waals surface area (Å²) in [6, 6.07) is 11.9. The van der Waals surface area contributed by atoms with E-state index in [4.69, 9.17) is 19.7 Å². The third-order valence-electron chi connectivity index (χ3n) is 3.57. The molecule has 4 rings (SSSR count). The maximum atomic E-state index is 10.6. The highest BCUT2D eigenvalue weighted by atomic mass is 16.6. The first kappa shape index (κ1) is 22.0. The molecule has 11 heteroatoms. The van der Waals surface area contributed by atoms with Gasteiger partial charge < -0.3 is 24.4 Å². The van der Waals surface area contributed by atoms with Crippen LogP contribution in [0, 0.1) is 20.2 Å². The van der Waals surface area contributed by atoms with Crippen LogP contribution in [-0.2, 0) is 9.47 Å². The number of aliphatic hydroxyl groups is 1. The van der Waals surface area contributed by atoms with Crippen LogP contribution in [0.2, 0.25) is 0 Å². The van der Waals surface area contributed by atoms with Gasteiger partial charge in [0.25, 0.3) is 0 Å². The Morgan fingerprint density at radius 2 is 1.45 bits per heavy atom. The Morgan fingerprint density at radius 3 is 1.86 bits per heavy atom. The number of aliphatic hydroxyl groups excluding tert-OH is 1. The smallest absolute Gasteiger partial charge is 0.310 e. The lowest BCUT2D eigenvalue weighted by molar-refractivity contribution is -0.386. The van der Waals surface area contributed by atoms with E-state index in [1.165, 1.54) is 30.3 Å². The van der Waals surface area contributed by atoms with Crippen LogP contribution < -0.4 is 4.74 Å². The summed E-state index contributed by atoms with van der Waals surface area (Å²) in [5.41, 5.74) is -0.268. The maximum absolute atomic E-state index is 10.6. The minimum absolute atomic E-state index is 0.00634. The molecule has 2 fully saturated rings. The van der Waals surface area contributed by atoms with Crippen molar-refractivity contribution in [2.75, 3.05) is 26.4 Å². The molecule has 2 saturated heterocycles. The average Bonchev–Trinajstić information content (AvgIpc) is 3.62. The molecule has 2 unspecified atom stereocenters. The van der Waals surface area contributed by atoms with Gasteiger partial charge in [0.05, 0.1) is 29.7 Å². The van der Waals surface area contributed by atoms with E-state index in [1.54, 1.807) is 18.2 Å². The molecule has 2 heterocycles. The highest BCUT2D eigenvalue weighted by molar-refractivity contribution is 5.45. The summed E-state index contributed by atoms with van der Waals surface area (Å²) < 4.78 is 14.8. The summed E-state index contributed by atoms with van der Waals surface area (Å²) in [5.74, 6) is 0.000463. The van der Waals surface area contributed by atoms with E-state index in [9.17, 15) is 20.2 Å². The third kappa shape index (κ3) is 8.09. The summed E-state index contributed by atoms with van der Waals surface area (Å²) in [6.45, 7) is 2.02. The Balaban J connectivity index is 0.000000173. The molecule has 0 saturated carbocycles. The van der Waals surface area contributed by atoms with Crippen LogP contribution in [0.15, 0.2) is 48.5 Å². The number of para-hydroxylation sites is 4. The average molecular weight is 408 g/mol. The number of nitro benzene ring substituents is 2. The SMILES string of the molecule is O=[N+]([O-])c1ccccc1O.O=[N+]([O-])c1ccccc1OCC1CO1.OCC1CO1. The lowest BCUT2D eigenvalue weighted by atomic mass is 10.3. The fourth-order valence-corrected chi connectivity index (χ4v) is 1.87. The van der Waals surface area contributed by atoms with Crippen molar-refractivity contribution in [3.63, 3.8) is 0 Å². The van der Waals surface area contributed by atoms with Gasteiger partial charge in [-0.3, -0.25) is 20.2 Å². The van der Waals surface area contributed by atoms with Crippen LogP contribution in [0.1, 0.15) is 0 Å². The minimum Gasteiger partial charge on any atom is -0.502 e.